The highest BCUT2D eigenvalue weighted by Crippen LogP contribution is 2.43. The Balaban J connectivity index is 2.09. The van der Waals surface area contributed by atoms with E-state index in [1.165, 1.54) is 12.0 Å². The lowest BCUT2D eigenvalue weighted by molar-refractivity contribution is -0.136. The number of benzene rings is 1. The zero-order valence-electron chi connectivity index (χ0n) is 12.3. The molecule has 0 spiro atoms. The van der Waals surface area contributed by atoms with Gasteiger partial charge in [-0.3, -0.25) is 0 Å². The van der Waals surface area contributed by atoms with E-state index in [0.717, 1.165) is 25.7 Å². The minimum Gasteiger partial charge on any atom is -0.327 e. The maximum absolute atomic E-state index is 12.3. The Hall–Kier alpha value is -1.03. The van der Waals surface area contributed by atoms with Crippen molar-refractivity contribution in [2.45, 2.75) is 69.0 Å². The molecule has 1 aromatic carbocycles. The number of hydrogen-bond acceptors (Lipinski definition) is 1. The van der Waals surface area contributed by atoms with Crippen LogP contribution < -0.4 is 5.73 Å². The van der Waals surface area contributed by atoms with E-state index >= 15 is 0 Å². The monoisotopic (exact) mass is 299 g/mol. The summed E-state index contributed by atoms with van der Waals surface area (Å²) in [6.45, 7) is 0. The van der Waals surface area contributed by atoms with E-state index in [2.05, 4.69) is 12.1 Å². The molecule has 1 aliphatic rings. The van der Waals surface area contributed by atoms with Gasteiger partial charge in [0.2, 0.25) is 0 Å². The second-order valence-electron chi connectivity index (χ2n) is 6.20. The third-order valence-electron chi connectivity index (χ3n) is 4.78. The van der Waals surface area contributed by atoms with Gasteiger partial charge in [0.1, 0.15) is 0 Å². The van der Waals surface area contributed by atoms with Crippen molar-refractivity contribution in [3.05, 3.63) is 35.9 Å². The SMILES string of the molecule is NC(CCCC(F)(F)F)C1(c2ccccc2)CCCCC1. The molecule has 0 heterocycles. The molecule has 4 heteroatoms. The van der Waals surface area contributed by atoms with Crippen molar-refractivity contribution < 1.29 is 13.2 Å². The molecule has 21 heavy (non-hydrogen) atoms. The molecule has 0 aromatic heterocycles. The summed E-state index contributed by atoms with van der Waals surface area (Å²) in [7, 11) is 0. The minimum atomic E-state index is -4.08. The van der Waals surface area contributed by atoms with Gasteiger partial charge in [-0.15, -0.1) is 0 Å². The van der Waals surface area contributed by atoms with Gasteiger partial charge in [-0.1, -0.05) is 49.6 Å². The van der Waals surface area contributed by atoms with Crippen LogP contribution in [0.2, 0.25) is 0 Å². The molecule has 0 bridgehead atoms. The van der Waals surface area contributed by atoms with Crippen molar-refractivity contribution in [3.63, 3.8) is 0 Å². The Labute approximate surface area is 124 Å². The van der Waals surface area contributed by atoms with Crippen LogP contribution in [0.5, 0.6) is 0 Å². The van der Waals surface area contributed by atoms with Gasteiger partial charge in [-0.2, -0.15) is 13.2 Å². The molecule has 1 aromatic rings. The normalized spacial score (nSPS) is 20.2. The highest BCUT2D eigenvalue weighted by atomic mass is 19.4. The average Bonchev–Trinajstić information content (AvgIpc) is 2.47. The van der Waals surface area contributed by atoms with Crippen LogP contribution in [0.15, 0.2) is 30.3 Å². The van der Waals surface area contributed by atoms with Gasteiger partial charge in [-0.05, 0) is 31.2 Å². The number of nitrogens with two attached hydrogens (primary N) is 1. The van der Waals surface area contributed by atoms with E-state index in [1.54, 1.807) is 0 Å². The lowest BCUT2D eigenvalue weighted by atomic mass is 9.64. The molecule has 1 atom stereocenters. The standard InChI is InChI=1S/C17H24F3N/c18-17(19,20)13-7-10-15(21)16(11-5-2-6-12-16)14-8-3-1-4-9-14/h1,3-4,8-9,15H,2,5-7,10-13,21H2. The van der Waals surface area contributed by atoms with E-state index in [0.29, 0.717) is 6.42 Å². The van der Waals surface area contributed by atoms with Crippen LogP contribution in [0.3, 0.4) is 0 Å². The summed E-state index contributed by atoms with van der Waals surface area (Å²) in [5.74, 6) is 0. The Bertz CT molecular complexity index is 421. The molecular weight excluding hydrogens is 275 g/mol. The van der Waals surface area contributed by atoms with E-state index in [1.807, 2.05) is 18.2 Å². The second-order valence-corrected chi connectivity index (χ2v) is 6.20. The molecule has 0 aliphatic heterocycles. The van der Waals surface area contributed by atoms with Crippen molar-refractivity contribution in [1.29, 1.82) is 0 Å². The van der Waals surface area contributed by atoms with Gasteiger partial charge < -0.3 is 5.73 Å². The number of hydrogen-bond donors (Lipinski definition) is 1. The largest absolute Gasteiger partial charge is 0.389 e. The Morgan fingerprint density at radius 2 is 1.67 bits per heavy atom. The summed E-state index contributed by atoms with van der Waals surface area (Å²) in [4.78, 5) is 0. The van der Waals surface area contributed by atoms with E-state index in [-0.39, 0.29) is 17.9 Å². The van der Waals surface area contributed by atoms with Crippen molar-refractivity contribution >= 4 is 0 Å². The maximum atomic E-state index is 12.3. The summed E-state index contributed by atoms with van der Waals surface area (Å²) in [5.41, 5.74) is 7.44. The number of alkyl halides is 3. The number of rotatable bonds is 5. The first-order valence-corrected chi connectivity index (χ1v) is 7.82. The maximum Gasteiger partial charge on any atom is 0.389 e. The molecule has 2 N–H and O–H groups in total. The second kappa shape index (κ2) is 6.82. The topological polar surface area (TPSA) is 26.0 Å². The first-order chi connectivity index (χ1) is 9.94. The van der Waals surface area contributed by atoms with Gasteiger partial charge in [0, 0.05) is 17.9 Å². The fourth-order valence-electron chi connectivity index (χ4n) is 3.63. The zero-order valence-corrected chi connectivity index (χ0v) is 12.3. The summed E-state index contributed by atoms with van der Waals surface area (Å²) in [5, 5.41) is 0. The van der Waals surface area contributed by atoms with Crippen LogP contribution in [0, 0.1) is 0 Å². The lowest BCUT2D eigenvalue weighted by Gasteiger charge is -2.43. The van der Waals surface area contributed by atoms with Crippen LogP contribution >= 0.6 is 0 Å². The van der Waals surface area contributed by atoms with Crippen molar-refractivity contribution in [2.24, 2.45) is 5.73 Å². The first-order valence-electron chi connectivity index (χ1n) is 7.82. The molecular formula is C17H24F3N. The third-order valence-corrected chi connectivity index (χ3v) is 4.78. The van der Waals surface area contributed by atoms with Gasteiger partial charge in [0.15, 0.2) is 0 Å². The molecule has 118 valence electrons. The number of halogens is 3. The Morgan fingerprint density at radius 3 is 2.24 bits per heavy atom. The average molecular weight is 299 g/mol. The highest BCUT2D eigenvalue weighted by Gasteiger charge is 2.39. The molecule has 0 amide bonds. The van der Waals surface area contributed by atoms with E-state index in [4.69, 9.17) is 5.73 Å². The summed E-state index contributed by atoms with van der Waals surface area (Å²) in [6, 6.07) is 9.92. The Morgan fingerprint density at radius 1 is 1.05 bits per heavy atom. The first kappa shape index (κ1) is 16.3. The molecule has 1 fully saturated rings. The van der Waals surface area contributed by atoms with Crippen LogP contribution in [-0.2, 0) is 5.41 Å². The molecule has 1 saturated carbocycles. The molecule has 2 rings (SSSR count). The van der Waals surface area contributed by atoms with Gasteiger partial charge in [0.25, 0.3) is 0 Å². The molecule has 0 saturated heterocycles. The van der Waals surface area contributed by atoms with Crippen LogP contribution in [-0.4, -0.2) is 12.2 Å². The van der Waals surface area contributed by atoms with Crippen LogP contribution in [0.4, 0.5) is 13.2 Å². The van der Waals surface area contributed by atoms with Crippen LogP contribution in [0.25, 0.3) is 0 Å². The third kappa shape index (κ3) is 4.22. The summed E-state index contributed by atoms with van der Waals surface area (Å²) in [6.07, 6.45) is 1.16. The predicted molar refractivity (Wildman–Crippen MR) is 79.1 cm³/mol. The highest BCUT2D eigenvalue weighted by molar-refractivity contribution is 5.28. The van der Waals surface area contributed by atoms with Crippen molar-refractivity contribution in [1.82, 2.24) is 0 Å². The van der Waals surface area contributed by atoms with Gasteiger partial charge in [0.05, 0.1) is 0 Å². The minimum absolute atomic E-state index is 0.124. The van der Waals surface area contributed by atoms with Gasteiger partial charge in [-0.25, -0.2) is 0 Å². The van der Waals surface area contributed by atoms with Gasteiger partial charge >= 0.3 is 6.18 Å². The van der Waals surface area contributed by atoms with Crippen molar-refractivity contribution in [3.8, 4) is 0 Å². The van der Waals surface area contributed by atoms with Crippen LogP contribution in [0.1, 0.15) is 56.9 Å². The zero-order chi connectivity index (χ0) is 15.3. The Kier molecular flexibility index (Phi) is 5.31. The smallest absolute Gasteiger partial charge is 0.327 e. The van der Waals surface area contributed by atoms with E-state index in [9.17, 15) is 13.2 Å². The lowest BCUT2D eigenvalue weighted by Crippen LogP contribution is -2.47. The molecule has 1 nitrogen and oxygen atoms in total. The fourth-order valence-corrected chi connectivity index (χ4v) is 3.63. The van der Waals surface area contributed by atoms with Crippen molar-refractivity contribution in [2.75, 3.05) is 0 Å². The molecule has 0 radical (unpaired) electrons. The molecule has 1 aliphatic carbocycles. The predicted octanol–water partition coefficient (Wildman–Crippen LogP) is 4.95. The fraction of sp³-hybridized carbons (Fsp3) is 0.647. The summed E-state index contributed by atoms with van der Waals surface area (Å²) < 4.78 is 37.0. The van der Waals surface area contributed by atoms with E-state index < -0.39 is 12.6 Å². The molecule has 1 unspecified atom stereocenters. The quantitative estimate of drug-likeness (QED) is 0.818. The summed E-state index contributed by atoms with van der Waals surface area (Å²) >= 11 is 0.